The van der Waals surface area contributed by atoms with Crippen LogP contribution in [0.4, 0.5) is 5.13 Å². The molecule has 0 radical (unpaired) electrons. The Kier molecular flexibility index (Phi) is 5.77. The molecule has 1 amide bonds. The SMILES string of the molecule is Cc1ccc(C)n1-c1nnc(N2CCC(C(=O)NCCc3cccs3)CC2)s1. The molecule has 148 valence electrons. The summed E-state index contributed by atoms with van der Waals surface area (Å²) >= 11 is 3.35. The van der Waals surface area contributed by atoms with Gasteiger partial charge in [-0.05, 0) is 56.7 Å². The van der Waals surface area contributed by atoms with Gasteiger partial charge in [-0.15, -0.1) is 21.5 Å². The van der Waals surface area contributed by atoms with E-state index in [4.69, 9.17) is 0 Å². The van der Waals surface area contributed by atoms with E-state index in [9.17, 15) is 4.79 Å². The van der Waals surface area contributed by atoms with Crippen LogP contribution in [-0.4, -0.2) is 40.3 Å². The summed E-state index contributed by atoms with van der Waals surface area (Å²) in [5.74, 6) is 0.286. The van der Waals surface area contributed by atoms with Gasteiger partial charge < -0.3 is 10.2 Å². The topological polar surface area (TPSA) is 63.1 Å². The molecule has 1 saturated heterocycles. The first-order chi connectivity index (χ1) is 13.6. The summed E-state index contributed by atoms with van der Waals surface area (Å²) in [7, 11) is 0. The van der Waals surface area contributed by atoms with E-state index in [2.05, 4.69) is 68.5 Å². The van der Waals surface area contributed by atoms with Crippen molar-refractivity contribution >= 4 is 33.7 Å². The second-order valence-electron chi connectivity index (χ2n) is 7.20. The van der Waals surface area contributed by atoms with Gasteiger partial charge in [0.2, 0.25) is 16.2 Å². The van der Waals surface area contributed by atoms with Crippen LogP contribution in [0.5, 0.6) is 0 Å². The van der Waals surface area contributed by atoms with Gasteiger partial charge in [-0.25, -0.2) is 0 Å². The number of carbonyl (C=O) groups excluding carboxylic acids is 1. The minimum absolute atomic E-state index is 0.0981. The van der Waals surface area contributed by atoms with Crippen LogP contribution in [0.15, 0.2) is 29.6 Å². The second-order valence-corrected chi connectivity index (χ2v) is 9.17. The van der Waals surface area contributed by atoms with Gasteiger partial charge in [-0.1, -0.05) is 17.4 Å². The van der Waals surface area contributed by atoms with E-state index in [-0.39, 0.29) is 11.8 Å². The van der Waals surface area contributed by atoms with Gasteiger partial charge in [0.15, 0.2) is 0 Å². The molecule has 3 aromatic rings. The summed E-state index contributed by atoms with van der Waals surface area (Å²) in [6.07, 6.45) is 2.64. The molecule has 1 fully saturated rings. The van der Waals surface area contributed by atoms with Crippen LogP contribution in [0.1, 0.15) is 29.1 Å². The fourth-order valence-corrected chi connectivity index (χ4v) is 5.36. The maximum Gasteiger partial charge on any atom is 0.223 e. The summed E-state index contributed by atoms with van der Waals surface area (Å²) in [4.78, 5) is 16.0. The molecule has 0 bridgehead atoms. The molecule has 0 saturated carbocycles. The second kappa shape index (κ2) is 8.45. The number of piperidine rings is 1. The van der Waals surface area contributed by atoms with Crippen molar-refractivity contribution in [1.82, 2.24) is 20.1 Å². The Balaban J connectivity index is 1.29. The first-order valence-corrected chi connectivity index (χ1v) is 11.4. The van der Waals surface area contributed by atoms with Crippen LogP contribution >= 0.6 is 22.7 Å². The highest BCUT2D eigenvalue weighted by atomic mass is 32.1. The van der Waals surface area contributed by atoms with Crippen molar-refractivity contribution in [3.63, 3.8) is 0 Å². The molecule has 0 spiro atoms. The van der Waals surface area contributed by atoms with Gasteiger partial charge in [0.05, 0.1) is 0 Å². The Labute approximate surface area is 173 Å². The van der Waals surface area contributed by atoms with Gasteiger partial charge >= 0.3 is 0 Å². The summed E-state index contributed by atoms with van der Waals surface area (Å²) in [5.41, 5.74) is 2.33. The molecular weight excluding hydrogens is 390 g/mol. The number of rotatable bonds is 6. The maximum atomic E-state index is 12.4. The number of aromatic nitrogens is 3. The van der Waals surface area contributed by atoms with E-state index in [0.29, 0.717) is 0 Å². The van der Waals surface area contributed by atoms with Gasteiger partial charge in [0.1, 0.15) is 0 Å². The van der Waals surface area contributed by atoms with Crippen LogP contribution in [0, 0.1) is 19.8 Å². The minimum Gasteiger partial charge on any atom is -0.355 e. The fraction of sp³-hybridized carbons (Fsp3) is 0.450. The van der Waals surface area contributed by atoms with E-state index < -0.39 is 0 Å². The molecule has 0 atom stereocenters. The molecule has 28 heavy (non-hydrogen) atoms. The fourth-order valence-electron chi connectivity index (χ4n) is 3.64. The van der Waals surface area contributed by atoms with Crippen molar-refractivity contribution in [1.29, 1.82) is 0 Å². The highest BCUT2D eigenvalue weighted by molar-refractivity contribution is 7.17. The Morgan fingerprint density at radius 3 is 2.54 bits per heavy atom. The number of hydrogen-bond acceptors (Lipinski definition) is 6. The smallest absolute Gasteiger partial charge is 0.223 e. The molecule has 4 heterocycles. The summed E-state index contributed by atoms with van der Waals surface area (Å²) in [5, 5.41) is 15.8. The number of amides is 1. The van der Waals surface area contributed by atoms with Crippen molar-refractivity contribution in [3.8, 4) is 5.13 Å². The van der Waals surface area contributed by atoms with Gasteiger partial charge in [0, 0.05) is 41.8 Å². The average Bonchev–Trinajstić information content (AvgIpc) is 3.44. The zero-order valence-electron chi connectivity index (χ0n) is 16.2. The molecule has 0 aromatic carbocycles. The molecular formula is C20H25N5OS2. The van der Waals surface area contributed by atoms with Gasteiger partial charge in [0.25, 0.3) is 0 Å². The number of nitrogens with one attached hydrogen (secondary N) is 1. The third-order valence-electron chi connectivity index (χ3n) is 5.25. The zero-order valence-corrected chi connectivity index (χ0v) is 17.9. The van der Waals surface area contributed by atoms with E-state index in [1.54, 1.807) is 22.7 Å². The Morgan fingerprint density at radius 2 is 1.86 bits per heavy atom. The summed E-state index contributed by atoms with van der Waals surface area (Å²) in [6.45, 7) is 6.57. The number of carbonyl (C=O) groups is 1. The monoisotopic (exact) mass is 415 g/mol. The van der Waals surface area contributed by atoms with Crippen molar-refractivity contribution in [2.45, 2.75) is 33.1 Å². The Hall–Kier alpha value is -2.19. The van der Waals surface area contributed by atoms with Crippen LogP contribution in [0.25, 0.3) is 5.13 Å². The van der Waals surface area contributed by atoms with Crippen molar-refractivity contribution in [3.05, 3.63) is 45.9 Å². The average molecular weight is 416 g/mol. The van der Waals surface area contributed by atoms with Gasteiger partial charge in [-0.3, -0.25) is 9.36 Å². The molecule has 1 N–H and O–H groups in total. The lowest BCUT2D eigenvalue weighted by atomic mass is 9.96. The largest absolute Gasteiger partial charge is 0.355 e. The third kappa shape index (κ3) is 4.12. The zero-order chi connectivity index (χ0) is 19.5. The number of anilines is 1. The summed E-state index contributed by atoms with van der Waals surface area (Å²) in [6, 6.07) is 8.36. The first kappa shape index (κ1) is 19.1. The lowest BCUT2D eigenvalue weighted by molar-refractivity contribution is -0.125. The highest BCUT2D eigenvalue weighted by Gasteiger charge is 2.26. The number of nitrogens with zero attached hydrogens (tertiary/aromatic N) is 4. The Morgan fingerprint density at radius 1 is 1.14 bits per heavy atom. The molecule has 0 aliphatic carbocycles. The molecule has 4 rings (SSSR count). The van der Waals surface area contributed by atoms with Crippen LogP contribution in [0.3, 0.4) is 0 Å². The normalized spacial score (nSPS) is 15.1. The molecule has 8 heteroatoms. The number of hydrogen-bond donors (Lipinski definition) is 1. The highest BCUT2D eigenvalue weighted by Crippen LogP contribution is 2.29. The minimum atomic E-state index is 0.0981. The quantitative estimate of drug-likeness (QED) is 0.668. The van der Waals surface area contributed by atoms with E-state index in [1.807, 2.05) is 0 Å². The van der Waals surface area contributed by atoms with Crippen LogP contribution in [0.2, 0.25) is 0 Å². The molecule has 6 nitrogen and oxygen atoms in total. The van der Waals surface area contributed by atoms with E-state index in [1.165, 1.54) is 4.88 Å². The van der Waals surface area contributed by atoms with E-state index >= 15 is 0 Å². The Bertz CT molecular complexity index is 903. The number of thiophene rings is 1. The molecule has 1 aliphatic heterocycles. The van der Waals surface area contributed by atoms with Crippen LogP contribution < -0.4 is 10.2 Å². The lowest BCUT2D eigenvalue weighted by Gasteiger charge is -2.30. The lowest BCUT2D eigenvalue weighted by Crippen LogP contribution is -2.41. The summed E-state index contributed by atoms with van der Waals surface area (Å²) < 4.78 is 2.13. The molecule has 0 unspecified atom stereocenters. The predicted molar refractivity (Wildman–Crippen MR) is 115 cm³/mol. The predicted octanol–water partition coefficient (Wildman–Crippen LogP) is 3.58. The van der Waals surface area contributed by atoms with Crippen LogP contribution in [-0.2, 0) is 11.2 Å². The maximum absolute atomic E-state index is 12.4. The third-order valence-corrected chi connectivity index (χ3v) is 7.16. The molecule has 1 aliphatic rings. The number of aryl methyl sites for hydroxylation is 2. The van der Waals surface area contributed by atoms with Crippen molar-refractivity contribution < 1.29 is 4.79 Å². The standard InChI is InChI=1S/C20H25N5OS2/c1-14-5-6-15(2)25(14)20-23-22-19(28-20)24-11-8-16(9-12-24)18(26)21-10-7-17-4-3-13-27-17/h3-6,13,16H,7-12H2,1-2H3,(H,21,26). The van der Waals surface area contributed by atoms with Crippen molar-refractivity contribution in [2.24, 2.45) is 5.92 Å². The van der Waals surface area contributed by atoms with Gasteiger partial charge in [-0.2, -0.15) is 0 Å². The van der Waals surface area contributed by atoms with E-state index in [0.717, 1.165) is 60.5 Å². The molecule has 3 aromatic heterocycles. The van der Waals surface area contributed by atoms with Crippen molar-refractivity contribution in [2.75, 3.05) is 24.5 Å². The first-order valence-electron chi connectivity index (χ1n) is 9.65.